The second-order valence-corrected chi connectivity index (χ2v) is 17.1. The molecule has 4 aromatic carbocycles. The number of fused-ring (bicyclic) bond motifs is 2. The number of amides is 6. The second kappa shape index (κ2) is 26.4. The molecule has 26 heteroatoms. The van der Waals surface area contributed by atoms with Crippen molar-refractivity contribution >= 4 is 92.2 Å². The van der Waals surface area contributed by atoms with Crippen LogP contribution in [0, 0.1) is 11.6 Å². The second-order valence-electron chi connectivity index (χ2n) is 16.3. The van der Waals surface area contributed by atoms with Crippen LogP contribution < -0.4 is 41.0 Å². The van der Waals surface area contributed by atoms with Gasteiger partial charge in [0.25, 0.3) is 11.8 Å². The minimum atomic E-state index is -1.19. The van der Waals surface area contributed by atoms with Gasteiger partial charge in [-0.3, -0.25) is 42.9 Å². The topological polar surface area (TPSA) is 325 Å². The quantitative estimate of drug-likeness (QED) is 0.0481. The van der Waals surface area contributed by atoms with Crippen LogP contribution in [0.15, 0.2) is 72.8 Å². The summed E-state index contributed by atoms with van der Waals surface area (Å²) in [5, 5.41) is 32.0. The van der Waals surface area contributed by atoms with E-state index in [1.165, 1.54) is 79.8 Å². The summed E-state index contributed by atoms with van der Waals surface area (Å²) in [6.45, 7) is 4.73. The number of aromatic nitrogens is 4. The van der Waals surface area contributed by atoms with E-state index in [1.54, 1.807) is 39.8 Å². The Morgan fingerprint density at radius 2 is 1.04 bits per heavy atom. The van der Waals surface area contributed by atoms with Crippen LogP contribution in [-0.4, -0.2) is 124 Å². The number of halogens is 4. The number of hydrogen-bond donors (Lipinski definition) is 6. The molecule has 0 atom stereocenters. The van der Waals surface area contributed by atoms with Crippen LogP contribution in [0.5, 0.6) is 0 Å². The van der Waals surface area contributed by atoms with E-state index >= 15 is 0 Å². The van der Waals surface area contributed by atoms with Crippen LogP contribution >= 0.6 is 23.2 Å². The Hall–Kier alpha value is -7.26. The number of rotatable bonds is 19. The van der Waals surface area contributed by atoms with Gasteiger partial charge in [0.15, 0.2) is 17.2 Å². The van der Waals surface area contributed by atoms with Gasteiger partial charge in [-0.05, 0) is 76.2 Å². The van der Waals surface area contributed by atoms with E-state index in [9.17, 15) is 52.2 Å². The third kappa shape index (κ3) is 14.9. The first-order valence-corrected chi connectivity index (χ1v) is 22.2. The van der Waals surface area contributed by atoms with Gasteiger partial charge < -0.3 is 47.6 Å². The zero-order chi connectivity index (χ0) is 52.4. The predicted molar refractivity (Wildman–Crippen MR) is 257 cm³/mol. The molecule has 0 bridgehead atoms. The first-order chi connectivity index (χ1) is 33.5. The number of primary amides is 2. The molecular formula is C47H49Cl2F2LiN10O11. The molecule has 0 fully saturated rings. The number of nitrogens with zero attached hydrogens (tertiary/aromatic N) is 6. The van der Waals surface area contributed by atoms with Crippen molar-refractivity contribution in [2.45, 2.75) is 66.0 Å². The Morgan fingerprint density at radius 1 is 0.658 bits per heavy atom. The van der Waals surface area contributed by atoms with Crippen LogP contribution in [0.1, 0.15) is 80.5 Å². The molecule has 0 saturated carbocycles. The van der Waals surface area contributed by atoms with Crippen molar-refractivity contribution in [2.24, 2.45) is 11.5 Å². The number of hydrogen-bond acceptors (Lipinski definition) is 12. The van der Waals surface area contributed by atoms with Gasteiger partial charge >= 0.3 is 24.8 Å². The van der Waals surface area contributed by atoms with Gasteiger partial charge in [0.2, 0.25) is 23.6 Å². The molecule has 73 heavy (non-hydrogen) atoms. The first-order valence-electron chi connectivity index (χ1n) is 21.5. The summed E-state index contributed by atoms with van der Waals surface area (Å²) in [4.78, 5) is 101. The Balaban J connectivity index is 0.000000375. The number of nitrogens with two attached hydrogens (primary N) is 2. The van der Waals surface area contributed by atoms with Crippen LogP contribution in [0.4, 0.5) is 8.78 Å². The Kier molecular flexibility index (Phi) is 21.7. The number of Topliss-reactive ketones (excluding diaryl/α,β-unsaturated/α-hetero) is 1. The van der Waals surface area contributed by atoms with Crippen molar-refractivity contribution in [3.63, 3.8) is 0 Å². The molecule has 6 rings (SSSR count). The van der Waals surface area contributed by atoms with Gasteiger partial charge in [-0.25, -0.2) is 13.6 Å². The number of benzene rings is 4. The molecular weight excluding hydrogens is 996 g/mol. The Morgan fingerprint density at radius 3 is 1.40 bits per heavy atom. The zero-order valence-electron chi connectivity index (χ0n) is 40.0. The van der Waals surface area contributed by atoms with Gasteiger partial charge in [0.05, 0.1) is 39.7 Å². The molecule has 6 amide bonds. The van der Waals surface area contributed by atoms with E-state index in [2.05, 4.69) is 20.8 Å². The van der Waals surface area contributed by atoms with Gasteiger partial charge in [-0.1, -0.05) is 47.5 Å². The van der Waals surface area contributed by atoms with Crippen LogP contribution in [-0.2, 0) is 45.4 Å². The molecule has 6 aromatic rings. The SMILES string of the molecule is CC(C)N(CC(=O)NCc1cccc(Cl)c1F)C(=O)Cn1nc(C(N)=O)c2cc(C(=O)CO)ccc21.CC(C)N(CC(=O)NCc1cccc(Cl)c1F)C(=O)Cn1nc(C(N)=O)c2cc(C(=O)O)ccc21.[Li+].[OH-]. The maximum atomic E-state index is 14.1. The van der Waals surface area contributed by atoms with Crippen molar-refractivity contribution in [1.82, 2.24) is 40.0 Å². The average Bonchev–Trinajstić information content (AvgIpc) is 3.88. The predicted octanol–water partition coefficient (Wildman–Crippen LogP) is 0.663. The fraction of sp³-hybridized carbons (Fsp3) is 0.277. The number of aliphatic hydroxyl groups is 1. The van der Waals surface area contributed by atoms with E-state index in [0.717, 1.165) is 0 Å². The number of aliphatic hydroxyl groups excluding tert-OH is 1. The summed E-state index contributed by atoms with van der Waals surface area (Å²) in [5.74, 6) is -6.70. The summed E-state index contributed by atoms with van der Waals surface area (Å²) in [6.07, 6.45) is 0. The van der Waals surface area contributed by atoms with Crippen molar-refractivity contribution in [1.29, 1.82) is 0 Å². The summed E-state index contributed by atoms with van der Waals surface area (Å²) in [7, 11) is 0. The monoisotopic (exact) mass is 1040 g/mol. The molecule has 382 valence electrons. The fourth-order valence-corrected chi connectivity index (χ4v) is 7.48. The van der Waals surface area contributed by atoms with Crippen LogP contribution in [0.25, 0.3) is 21.8 Å². The number of nitrogens with one attached hydrogen (secondary N) is 2. The maximum absolute atomic E-state index is 14.1. The maximum Gasteiger partial charge on any atom is 1.00 e. The van der Waals surface area contributed by atoms with Crippen molar-refractivity contribution in [3.8, 4) is 0 Å². The Bertz CT molecular complexity index is 3080. The fourth-order valence-electron chi connectivity index (χ4n) is 7.10. The third-order valence-corrected chi connectivity index (χ3v) is 11.4. The number of carboxylic acids is 1. The molecule has 21 nitrogen and oxygen atoms in total. The average molecular weight is 1050 g/mol. The zero-order valence-corrected chi connectivity index (χ0v) is 41.5. The van der Waals surface area contributed by atoms with E-state index in [0.29, 0.717) is 11.0 Å². The largest absolute Gasteiger partial charge is 1.00 e. The Labute approximate surface area is 437 Å². The normalized spacial score (nSPS) is 10.7. The first kappa shape index (κ1) is 60.0. The standard InChI is InChI=1S/C24H25ClFN5O5.C23H23ClFN5O5.Li.H2O/c1-13(2)30(10-20(34)28-9-15-4-3-5-17(25)22(15)26)21(35)11-31-18-7-6-14(19(33)12-32)8-16(18)23(29-31)24(27)36;1-12(2)29(10-18(31)27-9-14-4-3-5-16(24)20(14)25)19(32)11-30-17-7-6-13(23(34)35)8-15(17)21(28-30)22(26)33;;/h3-8,13,32H,9-12H2,1-2H3,(H2,27,36)(H,28,34);3-8,12H,9-11H2,1-2H3,(H2,26,33)(H,27,31)(H,34,35);;1H2/q;;+1;/p-1. The van der Waals surface area contributed by atoms with Crippen LogP contribution in [0.3, 0.4) is 0 Å². The number of carboxylic acid groups (broad SMARTS) is 1. The van der Waals surface area contributed by atoms with Crippen molar-refractivity contribution in [3.05, 3.63) is 128 Å². The number of carbonyl (C=O) groups is 8. The van der Waals surface area contributed by atoms with Gasteiger partial charge in [0.1, 0.15) is 31.3 Å². The number of carbonyl (C=O) groups excluding carboxylic acids is 7. The summed E-state index contributed by atoms with van der Waals surface area (Å²) in [6, 6.07) is 16.5. The molecule has 0 saturated heterocycles. The molecule has 0 spiro atoms. The van der Waals surface area contributed by atoms with Crippen molar-refractivity contribution in [2.75, 3.05) is 19.7 Å². The minimum Gasteiger partial charge on any atom is -0.870 e. The summed E-state index contributed by atoms with van der Waals surface area (Å²) in [5.41, 5.74) is 11.7. The molecule has 0 aliphatic carbocycles. The van der Waals surface area contributed by atoms with Crippen LogP contribution in [0.2, 0.25) is 10.0 Å². The third-order valence-electron chi connectivity index (χ3n) is 10.8. The molecule has 2 heterocycles. The van der Waals surface area contributed by atoms with Gasteiger partial charge in [0, 0.05) is 52.6 Å². The van der Waals surface area contributed by atoms with E-state index in [1.807, 2.05) is 0 Å². The molecule has 0 radical (unpaired) electrons. The van der Waals surface area contributed by atoms with E-state index in [4.69, 9.17) is 39.8 Å². The molecule has 9 N–H and O–H groups in total. The van der Waals surface area contributed by atoms with Gasteiger partial charge in [-0.15, -0.1) is 0 Å². The molecule has 0 aliphatic heterocycles. The van der Waals surface area contributed by atoms with E-state index in [-0.39, 0.29) is 130 Å². The smallest absolute Gasteiger partial charge is 0.870 e. The van der Waals surface area contributed by atoms with Gasteiger partial charge in [-0.2, -0.15) is 10.2 Å². The number of aromatic carboxylic acids is 1. The van der Waals surface area contributed by atoms with Crippen molar-refractivity contribution < 1.29 is 81.7 Å². The van der Waals surface area contributed by atoms with E-state index < -0.39 is 65.4 Å². The minimum absolute atomic E-state index is 0. The summed E-state index contributed by atoms with van der Waals surface area (Å²) < 4.78 is 30.6. The molecule has 0 aliphatic rings. The summed E-state index contributed by atoms with van der Waals surface area (Å²) >= 11 is 11.5. The molecule has 2 aromatic heterocycles. The number of ketones is 1. The molecule has 0 unspecified atom stereocenters.